The second-order valence-electron chi connectivity index (χ2n) is 4.73. The summed E-state index contributed by atoms with van der Waals surface area (Å²) in [5, 5.41) is 0. The Morgan fingerprint density at radius 1 is 1.18 bits per heavy atom. The third kappa shape index (κ3) is 4.63. The van der Waals surface area contributed by atoms with E-state index in [1.54, 1.807) is 19.1 Å². The smallest absolute Gasteiger partial charge is 0.457 e. The first kappa shape index (κ1) is 18.3. The van der Waals surface area contributed by atoms with Gasteiger partial charge in [-0.3, -0.25) is 4.79 Å². The monoisotopic (exact) mass is 333 g/mol. The number of likely N-dealkylation sites (tertiary alicyclic amines) is 1. The highest BCUT2D eigenvalue weighted by Gasteiger charge is 2.48. The molecule has 0 spiro atoms. The first-order valence-electron chi connectivity index (χ1n) is 6.21. The maximum atomic E-state index is 12.5. The van der Waals surface area contributed by atoms with Gasteiger partial charge in [0.05, 0.1) is 6.04 Å². The number of carbonyl (C=O) groups excluding carboxylic acids is 2. The molecule has 0 radical (unpaired) electrons. The van der Waals surface area contributed by atoms with Crippen LogP contribution in [0.2, 0.25) is 0 Å². The molecule has 1 aliphatic heterocycles. The third-order valence-corrected chi connectivity index (χ3v) is 3.05. The summed E-state index contributed by atoms with van der Waals surface area (Å²) in [7, 11) is 0. The van der Waals surface area contributed by atoms with E-state index in [2.05, 4.69) is 4.74 Å². The molecule has 2 atom stereocenters. The zero-order valence-electron chi connectivity index (χ0n) is 11.4. The van der Waals surface area contributed by atoms with Crippen molar-refractivity contribution in [3.05, 3.63) is 12.2 Å². The summed E-state index contributed by atoms with van der Waals surface area (Å²) in [5.41, 5.74) is 0. The first-order chi connectivity index (χ1) is 9.96. The molecule has 0 aromatic heterocycles. The van der Waals surface area contributed by atoms with E-state index >= 15 is 0 Å². The predicted octanol–water partition coefficient (Wildman–Crippen LogP) is 2.45. The number of carbonyl (C=O) groups is 2. The first-order valence-corrected chi connectivity index (χ1v) is 6.21. The molecule has 4 nitrogen and oxygen atoms in total. The SMILES string of the molecule is CC=CC1C[C@@H](COC(=O)C(F)(F)F)N(C(=O)C(F)(F)F)C1. The Hall–Kier alpha value is -1.74. The lowest BCUT2D eigenvalue weighted by molar-refractivity contribution is -0.202. The van der Waals surface area contributed by atoms with Gasteiger partial charge in [-0.1, -0.05) is 12.2 Å². The van der Waals surface area contributed by atoms with Crippen molar-refractivity contribution >= 4 is 11.9 Å². The Bertz CT molecular complexity index is 457. The fourth-order valence-electron chi connectivity index (χ4n) is 2.19. The highest BCUT2D eigenvalue weighted by molar-refractivity contribution is 5.82. The van der Waals surface area contributed by atoms with E-state index in [9.17, 15) is 35.9 Å². The maximum Gasteiger partial charge on any atom is 0.490 e. The molecular weight excluding hydrogens is 320 g/mol. The largest absolute Gasteiger partial charge is 0.490 e. The topological polar surface area (TPSA) is 46.6 Å². The number of nitrogens with zero attached hydrogens (tertiary/aromatic N) is 1. The fraction of sp³-hybridized carbons (Fsp3) is 0.667. The summed E-state index contributed by atoms with van der Waals surface area (Å²) in [5.74, 6) is -5.10. The van der Waals surface area contributed by atoms with Crippen LogP contribution < -0.4 is 0 Å². The van der Waals surface area contributed by atoms with Gasteiger partial charge in [-0.2, -0.15) is 26.3 Å². The molecule has 0 bridgehead atoms. The Balaban J connectivity index is 2.79. The number of amides is 1. The van der Waals surface area contributed by atoms with Gasteiger partial charge in [0, 0.05) is 6.54 Å². The standard InChI is InChI=1S/C12H13F6NO3/c1-2-3-7-4-8(6-22-10(21)12(16,17)18)19(5-7)9(20)11(13,14)15/h2-3,7-8H,4-6H2,1H3/t7?,8-/m0/s1. The zero-order valence-corrected chi connectivity index (χ0v) is 11.4. The number of allylic oxidation sites excluding steroid dienone is 1. The van der Waals surface area contributed by atoms with Crippen LogP contribution in [0.25, 0.3) is 0 Å². The van der Waals surface area contributed by atoms with Crippen LogP contribution in [-0.2, 0) is 14.3 Å². The minimum atomic E-state index is -5.24. The maximum absolute atomic E-state index is 12.5. The van der Waals surface area contributed by atoms with Crippen LogP contribution in [0.3, 0.4) is 0 Å². The summed E-state index contributed by atoms with van der Waals surface area (Å²) in [6.45, 7) is 0.387. The van der Waals surface area contributed by atoms with Crippen LogP contribution in [0.5, 0.6) is 0 Å². The van der Waals surface area contributed by atoms with Crippen molar-refractivity contribution in [2.45, 2.75) is 31.7 Å². The minimum Gasteiger partial charge on any atom is -0.457 e. The van der Waals surface area contributed by atoms with Gasteiger partial charge in [0.25, 0.3) is 0 Å². The summed E-state index contributed by atoms with van der Waals surface area (Å²) in [4.78, 5) is 22.3. The lowest BCUT2D eigenvalue weighted by Crippen LogP contribution is -2.46. The summed E-state index contributed by atoms with van der Waals surface area (Å²) in [6, 6.07) is -1.25. The third-order valence-electron chi connectivity index (χ3n) is 3.05. The van der Waals surface area contributed by atoms with E-state index in [1.165, 1.54) is 0 Å². The number of esters is 1. The molecule has 0 aromatic carbocycles. The number of ether oxygens (including phenoxy) is 1. The summed E-state index contributed by atoms with van der Waals surface area (Å²) < 4.78 is 77.5. The molecular formula is C12H13F6NO3. The Kier molecular flexibility index (Phi) is 5.47. The van der Waals surface area contributed by atoms with Gasteiger partial charge in [-0.25, -0.2) is 4.79 Å². The summed E-state index contributed by atoms with van der Waals surface area (Å²) >= 11 is 0. The average molecular weight is 333 g/mol. The molecule has 0 aliphatic carbocycles. The van der Waals surface area contributed by atoms with Crippen molar-refractivity contribution in [3.8, 4) is 0 Å². The Morgan fingerprint density at radius 2 is 1.77 bits per heavy atom. The normalized spacial score (nSPS) is 23.1. The number of alkyl halides is 6. The quantitative estimate of drug-likeness (QED) is 0.453. The van der Waals surface area contributed by atoms with Crippen LogP contribution in [-0.4, -0.2) is 48.3 Å². The molecule has 0 N–H and O–H groups in total. The average Bonchev–Trinajstić information content (AvgIpc) is 2.76. The second kappa shape index (κ2) is 6.57. The van der Waals surface area contributed by atoms with E-state index in [4.69, 9.17) is 0 Å². The number of rotatable bonds is 3. The van der Waals surface area contributed by atoms with E-state index in [0.29, 0.717) is 4.90 Å². The van der Waals surface area contributed by atoms with Crippen molar-refractivity contribution < 1.29 is 40.7 Å². The Morgan fingerprint density at radius 3 is 2.23 bits per heavy atom. The van der Waals surface area contributed by atoms with E-state index in [-0.39, 0.29) is 13.0 Å². The van der Waals surface area contributed by atoms with E-state index in [0.717, 1.165) is 0 Å². The van der Waals surface area contributed by atoms with Crippen LogP contribution in [0.1, 0.15) is 13.3 Å². The molecule has 1 heterocycles. The molecule has 0 saturated carbocycles. The van der Waals surface area contributed by atoms with Crippen molar-refractivity contribution in [1.29, 1.82) is 0 Å². The molecule has 126 valence electrons. The lowest BCUT2D eigenvalue weighted by atomic mass is 10.1. The van der Waals surface area contributed by atoms with Crippen molar-refractivity contribution in [2.24, 2.45) is 5.92 Å². The van der Waals surface area contributed by atoms with Crippen LogP contribution in [0.15, 0.2) is 12.2 Å². The second-order valence-corrected chi connectivity index (χ2v) is 4.73. The van der Waals surface area contributed by atoms with Gasteiger partial charge in [-0.15, -0.1) is 0 Å². The molecule has 10 heteroatoms. The molecule has 1 aliphatic rings. The van der Waals surface area contributed by atoms with Gasteiger partial charge >= 0.3 is 24.2 Å². The van der Waals surface area contributed by atoms with E-state index in [1.807, 2.05) is 0 Å². The molecule has 1 fully saturated rings. The number of hydrogen-bond donors (Lipinski definition) is 0. The number of hydrogen-bond acceptors (Lipinski definition) is 3. The van der Waals surface area contributed by atoms with Crippen molar-refractivity contribution in [2.75, 3.05) is 13.2 Å². The number of halogens is 6. The van der Waals surface area contributed by atoms with Crippen molar-refractivity contribution in [1.82, 2.24) is 4.90 Å². The molecule has 1 rings (SSSR count). The van der Waals surface area contributed by atoms with Gasteiger partial charge < -0.3 is 9.64 Å². The van der Waals surface area contributed by atoms with Crippen LogP contribution >= 0.6 is 0 Å². The highest BCUT2D eigenvalue weighted by Crippen LogP contribution is 2.30. The molecule has 22 heavy (non-hydrogen) atoms. The molecule has 1 unspecified atom stereocenters. The molecule has 1 amide bonds. The lowest BCUT2D eigenvalue weighted by Gasteiger charge is -2.25. The van der Waals surface area contributed by atoms with Crippen LogP contribution in [0.4, 0.5) is 26.3 Å². The van der Waals surface area contributed by atoms with Gasteiger partial charge in [-0.05, 0) is 19.3 Å². The predicted molar refractivity (Wildman–Crippen MR) is 61.5 cm³/mol. The molecule has 1 saturated heterocycles. The van der Waals surface area contributed by atoms with E-state index < -0.39 is 42.8 Å². The van der Waals surface area contributed by atoms with Crippen molar-refractivity contribution in [3.63, 3.8) is 0 Å². The summed E-state index contributed by atoms with van der Waals surface area (Å²) in [6.07, 6.45) is -7.29. The van der Waals surface area contributed by atoms with Gasteiger partial charge in [0.1, 0.15) is 6.61 Å². The van der Waals surface area contributed by atoms with Gasteiger partial charge in [0.2, 0.25) is 0 Å². The minimum absolute atomic E-state index is 0.0166. The fourth-order valence-corrected chi connectivity index (χ4v) is 2.19. The highest BCUT2D eigenvalue weighted by atomic mass is 19.4. The Labute approximate surface area is 121 Å². The van der Waals surface area contributed by atoms with Gasteiger partial charge in [0.15, 0.2) is 0 Å². The molecule has 0 aromatic rings. The zero-order chi connectivity index (χ0) is 17.1. The van der Waals surface area contributed by atoms with Crippen LogP contribution in [0, 0.1) is 5.92 Å².